The van der Waals surface area contributed by atoms with E-state index in [1.54, 1.807) is 12.1 Å². The van der Waals surface area contributed by atoms with E-state index < -0.39 is 0 Å². The second kappa shape index (κ2) is 5.65. The van der Waals surface area contributed by atoms with Crippen molar-refractivity contribution in [3.63, 3.8) is 0 Å². The lowest BCUT2D eigenvalue weighted by Gasteiger charge is -2.03. The molecule has 0 atom stereocenters. The summed E-state index contributed by atoms with van der Waals surface area (Å²) in [6.07, 6.45) is 2.76. The summed E-state index contributed by atoms with van der Waals surface area (Å²) in [6, 6.07) is 3.31. The van der Waals surface area contributed by atoms with Crippen LogP contribution in [0.2, 0.25) is 0 Å². The quantitative estimate of drug-likeness (QED) is 0.605. The van der Waals surface area contributed by atoms with Crippen molar-refractivity contribution in [3.8, 4) is 0 Å². The predicted molar refractivity (Wildman–Crippen MR) is 58.8 cm³/mol. The van der Waals surface area contributed by atoms with Crippen molar-refractivity contribution in [2.45, 2.75) is 6.42 Å². The van der Waals surface area contributed by atoms with Gasteiger partial charge in [0.2, 0.25) is 5.91 Å². The summed E-state index contributed by atoms with van der Waals surface area (Å²) in [5.41, 5.74) is 1.14. The minimum absolute atomic E-state index is 0.117. The van der Waals surface area contributed by atoms with Crippen LogP contribution < -0.4 is 5.32 Å². The zero-order chi connectivity index (χ0) is 12.0. The van der Waals surface area contributed by atoms with Crippen molar-refractivity contribution in [1.29, 1.82) is 0 Å². The summed E-state index contributed by atoms with van der Waals surface area (Å²) in [5, 5.41) is 2.55. The summed E-state index contributed by atoms with van der Waals surface area (Å²) in [4.78, 5) is 25.9. The van der Waals surface area contributed by atoms with Crippen LogP contribution in [0.1, 0.15) is 5.69 Å². The molecule has 0 saturated heterocycles. The highest BCUT2D eigenvalue weighted by atomic mass is 16.5. The number of nitrogens with one attached hydrogen (secondary N) is 1. The zero-order valence-electron chi connectivity index (χ0n) is 8.90. The maximum atomic E-state index is 11.0. The smallest absolute Gasteiger partial charge is 0.311 e. The van der Waals surface area contributed by atoms with Crippen molar-refractivity contribution in [2.24, 2.45) is 0 Å². The van der Waals surface area contributed by atoms with Gasteiger partial charge in [0.05, 0.1) is 31.1 Å². The molecule has 1 aromatic rings. The summed E-state index contributed by atoms with van der Waals surface area (Å²) in [5.74, 6) is -0.655. The molecule has 0 saturated carbocycles. The second-order valence-electron chi connectivity index (χ2n) is 2.98. The van der Waals surface area contributed by atoms with Crippen LogP contribution in [0.3, 0.4) is 0 Å². The molecule has 1 aromatic heterocycles. The molecule has 0 radical (unpaired) electrons. The van der Waals surface area contributed by atoms with Gasteiger partial charge in [0.1, 0.15) is 0 Å². The largest absolute Gasteiger partial charge is 0.469 e. The van der Waals surface area contributed by atoms with E-state index in [0.29, 0.717) is 11.4 Å². The van der Waals surface area contributed by atoms with E-state index in [1.807, 2.05) is 0 Å². The van der Waals surface area contributed by atoms with Gasteiger partial charge in [-0.15, -0.1) is 0 Å². The maximum Gasteiger partial charge on any atom is 0.311 e. The number of amides is 1. The minimum atomic E-state index is -0.352. The van der Waals surface area contributed by atoms with E-state index in [-0.39, 0.29) is 18.3 Å². The molecule has 1 amide bonds. The number of rotatable bonds is 4. The van der Waals surface area contributed by atoms with Gasteiger partial charge in [-0.2, -0.15) is 0 Å². The zero-order valence-corrected chi connectivity index (χ0v) is 8.90. The first-order valence-electron chi connectivity index (χ1n) is 4.61. The molecule has 5 nitrogen and oxygen atoms in total. The molecule has 1 heterocycles. The van der Waals surface area contributed by atoms with Crippen LogP contribution in [0.5, 0.6) is 0 Å². The van der Waals surface area contributed by atoms with Crippen molar-refractivity contribution < 1.29 is 14.3 Å². The number of methoxy groups -OCH3 is 1. The molecule has 84 valence electrons. The molecule has 1 N–H and O–H groups in total. The Balaban J connectivity index is 2.64. The van der Waals surface area contributed by atoms with Crippen LogP contribution in [0.4, 0.5) is 5.69 Å². The predicted octanol–water partition coefficient (Wildman–Crippen LogP) is 0.922. The fourth-order valence-corrected chi connectivity index (χ4v) is 1.02. The standard InChI is InChI=1S/C11H12N2O3/c1-3-10(14)13-9-5-4-8(12-7-9)6-11(15)16-2/h3-5,7H,1,6H2,2H3,(H,13,14). The first kappa shape index (κ1) is 11.9. The Hall–Kier alpha value is -2.17. The highest BCUT2D eigenvalue weighted by Crippen LogP contribution is 2.06. The number of carbonyl (C=O) groups is 2. The number of ether oxygens (including phenoxy) is 1. The van der Waals surface area contributed by atoms with Crippen LogP contribution >= 0.6 is 0 Å². The topological polar surface area (TPSA) is 68.3 Å². The molecular formula is C11H12N2O3. The first-order valence-corrected chi connectivity index (χ1v) is 4.61. The maximum absolute atomic E-state index is 11.0. The third-order valence-electron chi connectivity index (χ3n) is 1.83. The van der Waals surface area contributed by atoms with Crippen molar-refractivity contribution in [2.75, 3.05) is 12.4 Å². The Kier molecular flexibility index (Phi) is 4.20. The van der Waals surface area contributed by atoms with Crippen LogP contribution in [0.25, 0.3) is 0 Å². The monoisotopic (exact) mass is 220 g/mol. The number of esters is 1. The first-order chi connectivity index (χ1) is 7.65. The highest BCUT2D eigenvalue weighted by molar-refractivity contribution is 5.98. The molecular weight excluding hydrogens is 208 g/mol. The minimum Gasteiger partial charge on any atom is -0.469 e. The van der Waals surface area contributed by atoms with Crippen molar-refractivity contribution in [1.82, 2.24) is 4.98 Å². The van der Waals surface area contributed by atoms with E-state index >= 15 is 0 Å². The number of hydrogen-bond acceptors (Lipinski definition) is 4. The van der Waals surface area contributed by atoms with E-state index in [4.69, 9.17) is 0 Å². The van der Waals surface area contributed by atoms with E-state index in [9.17, 15) is 9.59 Å². The number of anilines is 1. The van der Waals surface area contributed by atoms with Gasteiger partial charge in [-0.25, -0.2) is 0 Å². The summed E-state index contributed by atoms with van der Waals surface area (Å²) < 4.78 is 4.50. The van der Waals surface area contributed by atoms with Gasteiger partial charge in [0.15, 0.2) is 0 Å². The van der Waals surface area contributed by atoms with Crippen LogP contribution in [0, 0.1) is 0 Å². The number of aromatic nitrogens is 1. The number of pyridine rings is 1. The Morgan fingerprint density at radius 1 is 1.56 bits per heavy atom. The molecule has 0 aromatic carbocycles. The van der Waals surface area contributed by atoms with Gasteiger partial charge >= 0.3 is 5.97 Å². The van der Waals surface area contributed by atoms with Crippen molar-refractivity contribution >= 4 is 17.6 Å². The average Bonchev–Trinajstić information content (AvgIpc) is 2.31. The molecule has 0 spiro atoms. The summed E-state index contributed by atoms with van der Waals surface area (Å²) in [7, 11) is 1.32. The van der Waals surface area contributed by atoms with Gasteiger partial charge in [0.25, 0.3) is 0 Å². The fraction of sp³-hybridized carbons (Fsp3) is 0.182. The Bertz CT molecular complexity index is 398. The Morgan fingerprint density at radius 2 is 2.31 bits per heavy atom. The number of carbonyl (C=O) groups excluding carboxylic acids is 2. The second-order valence-corrected chi connectivity index (χ2v) is 2.98. The Morgan fingerprint density at radius 3 is 2.81 bits per heavy atom. The number of nitrogens with zero attached hydrogens (tertiary/aromatic N) is 1. The fourth-order valence-electron chi connectivity index (χ4n) is 1.02. The normalized spacial score (nSPS) is 9.31. The highest BCUT2D eigenvalue weighted by Gasteiger charge is 2.04. The SMILES string of the molecule is C=CC(=O)Nc1ccc(CC(=O)OC)nc1. The lowest BCUT2D eigenvalue weighted by Crippen LogP contribution is -2.09. The third-order valence-corrected chi connectivity index (χ3v) is 1.83. The Labute approximate surface area is 93.1 Å². The van der Waals surface area contributed by atoms with E-state index in [1.165, 1.54) is 19.4 Å². The molecule has 0 aliphatic heterocycles. The summed E-state index contributed by atoms with van der Waals surface area (Å²) in [6.45, 7) is 3.33. The molecule has 0 aliphatic carbocycles. The molecule has 16 heavy (non-hydrogen) atoms. The van der Waals surface area contributed by atoms with E-state index in [2.05, 4.69) is 21.6 Å². The van der Waals surface area contributed by atoms with Crippen LogP contribution in [-0.2, 0) is 20.7 Å². The van der Waals surface area contributed by atoms with Gasteiger partial charge in [-0.1, -0.05) is 6.58 Å². The lowest BCUT2D eigenvalue weighted by molar-refractivity contribution is -0.139. The molecule has 5 heteroatoms. The molecule has 0 unspecified atom stereocenters. The summed E-state index contributed by atoms with van der Waals surface area (Å²) >= 11 is 0. The van der Waals surface area contributed by atoms with Gasteiger partial charge in [-0.05, 0) is 18.2 Å². The number of hydrogen-bond donors (Lipinski definition) is 1. The molecule has 0 bridgehead atoms. The average molecular weight is 220 g/mol. The van der Waals surface area contributed by atoms with E-state index in [0.717, 1.165) is 0 Å². The third kappa shape index (κ3) is 3.53. The molecule has 0 aliphatic rings. The van der Waals surface area contributed by atoms with Crippen LogP contribution in [0.15, 0.2) is 31.0 Å². The molecule has 1 rings (SSSR count). The molecule has 0 fully saturated rings. The van der Waals surface area contributed by atoms with Gasteiger partial charge < -0.3 is 10.1 Å². The van der Waals surface area contributed by atoms with Crippen LogP contribution in [-0.4, -0.2) is 24.0 Å². The van der Waals surface area contributed by atoms with Crippen molar-refractivity contribution in [3.05, 3.63) is 36.7 Å². The lowest BCUT2D eigenvalue weighted by atomic mass is 10.2. The van der Waals surface area contributed by atoms with Gasteiger partial charge in [-0.3, -0.25) is 14.6 Å². The van der Waals surface area contributed by atoms with Gasteiger partial charge in [0, 0.05) is 0 Å².